The Bertz CT molecular complexity index is 817. The van der Waals surface area contributed by atoms with E-state index in [9.17, 15) is 13.2 Å². The summed E-state index contributed by atoms with van der Waals surface area (Å²) in [6.07, 6.45) is 0.730. The lowest BCUT2D eigenvalue weighted by atomic mass is 10.1. The van der Waals surface area contributed by atoms with Crippen molar-refractivity contribution in [3.05, 3.63) is 65.2 Å². The monoisotopic (exact) mass is 346 g/mol. The standard InChI is InChI=1S/C18H22N2O3S/c1-3-20-24(22,23)17-10-6-9-16(13-17)18(21)19-12-11-15-8-5-4-7-14(15)2/h4-10,13,20H,3,11-12H2,1-2H3,(H,19,21). The summed E-state index contributed by atoms with van der Waals surface area (Å²) < 4.78 is 26.4. The molecule has 0 fully saturated rings. The maximum atomic E-state index is 12.2. The van der Waals surface area contributed by atoms with Crippen LogP contribution in [0, 0.1) is 6.92 Å². The normalized spacial score (nSPS) is 11.2. The molecule has 0 saturated carbocycles. The first-order chi connectivity index (χ1) is 11.4. The van der Waals surface area contributed by atoms with Crippen molar-refractivity contribution >= 4 is 15.9 Å². The molecule has 0 bridgehead atoms. The minimum atomic E-state index is -3.57. The van der Waals surface area contributed by atoms with E-state index in [0.29, 0.717) is 18.7 Å². The SMILES string of the molecule is CCNS(=O)(=O)c1cccc(C(=O)NCCc2ccccc2C)c1. The maximum Gasteiger partial charge on any atom is 0.251 e. The first kappa shape index (κ1) is 18.2. The molecule has 2 aromatic carbocycles. The van der Waals surface area contributed by atoms with Crippen LogP contribution in [0.3, 0.4) is 0 Å². The number of sulfonamides is 1. The van der Waals surface area contributed by atoms with Crippen molar-refractivity contribution in [2.75, 3.05) is 13.1 Å². The second-order valence-electron chi connectivity index (χ2n) is 5.46. The number of carbonyl (C=O) groups excluding carboxylic acids is 1. The minimum Gasteiger partial charge on any atom is -0.352 e. The summed E-state index contributed by atoms with van der Waals surface area (Å²) in [4.78, 5) is 12.3. The molecule has 0 atom stereocenters. The van der Waals surface area contributed by atoms with Gasteiger partial charge in [0.05, 0.1) is 4.90 Å². The van der Waals surface area contributed by atoms with Crippen molar-refractivity contribution in [1.82, 2.24) is 10.0 Å². The van der Waals surface area contributed by atoms with E-state index < -0.39 is 10.0 Å². The molecule has 2 N–H and O–H groups in total. The smallest absolute Gasteiger partial charge is 0.251 e. The van der Waals surface area contributed by atoms with Gasteiger partial charge in [0.15, 0.2) is 0 Å². The Balaban J connectivity index is 2.01. The number of benzene rings is 2. The van der Waals surface area contributed by atoms with E-state index in [1.807, 2.05) is 31.2 Å². The van der Waals surface area contributed by atoms with Crippen LogP contribution in [-0.2, 0) is 16.4 Å². The second kappa shape index (κ2) is 8.08. The van der Waals surface area contributed by atoms with Gasteiger partial charge in [-0.3, -0.25) is 4.79 Å². The maximum absolute atomic E-state index is 12.2. The fourth-order valence-electron chi connectivity index (χ4n) is 2.38. The number of amides is 1. The molecule has 0 aliphatic carbocycles. The highest BCUT2D eigenvalue weighted by atomic mass is 32.2. The summed E-state index contributed by atoms with van der Waals surface area (Å²) in [7, 11) is -3.57. The number of hydrogen-bond acceptors (Lipinski definition) is 3. The quantitative estimate of drug-likeness (QED) is 0.807. The van der Waals surface area contributed by atoms with E-state index in [4.69, 9.17) is 0 Å². The molecule has 2 aromatic rings. The van der Waals surface area contributed by atoms with Gasteiger partial charge in [0.1, 0.15) is 0 Å². The Morgan fingerprint density at radius 1 is 1.08 bits per heavy atom. The molecule has 2 rings (SSSR count). The van der Waals surface area contributed by atoms with Crippen molar-refractivity contribution in [3.63, 3.8) is 0 Å². The summed E-state index contributed by atoms with van der Waals surface area (Å²) in [5.74, 6) is -0.280. The highest BCUT2D eigenvalue weighted by molar-refractivity contribution is 7.89. The third kappa shape index (κ3) is 4.66. The predicted molar refractivity (Wildman–Crippen MR) is 94.5 cm³/mol. The fraction of sp³-hybridized carbons (Fsp3) is 0.278. The molecule has 0 aliphatic heterocycles. The van der Waals surface area contributed by atoms with E-state index in [1.165, 1.54) is 23.3 Å². The average molecular weight is 346 g/mol. The van der Waals surface area contributed by atoms with Crippen LogP contribution in [0.5, 0.6) is 0 Å². The molecule has 0 heterocycles. The van der Waals surface area contributed by atoms with Gasteiger partial charge < -0.3 is 5.32 Å². The molecule has 128 valence electrons. The molecule has 24 heavy (non-hydrogen) atoms. The summed E-state index contributed by atoms with van der Waals surface area (Å²) in [6.45, 7) is 4.54. The van der Waals surface area contributed by atoms with Crippen molar-refractivity contribution in [2.45, 2.75) is 25.2 Å². The highest BCUT2D eigenvalue weighted by Gasteiger charge is 2.15. The molecule has 0 radical (unpaired) electrons. The Hall–Kier alpha value is -2.18. The largest absolute Gasteiger partial charge is 0.352 e. The van der Waals surface area contributed by atoms with E-state index in [-0.39, 0.29) is 10.8 Å². The zero-order chi connectivity index (χ0) is 17.6. The Morgan fingerprint density at radius 3 is 2.54 bits per heavy atom. The van der Waals surface area contributed by atoms with Crippen molar-refractivity contribution in [1.29, 1.82) is 0 Å². The topological polar surface area (TPSA) is 75.3 Å². The zero-order valence-electron chi connectivity index (χ0n) is 13.9. The third-order valence-electron chi connectivity index (χ3n) is 3.68. The Morgan fingerprint density at radius 2 is 1.83 bits per heavy atom. The molecule has 0 saturated heterocycles. The average Bonchev–Trinajstić information content (AvgIpc) is 2.56. The molecule has 6 heteroatoms. The molecule has 0 aromatic heterocycles. The summed E-state index contributed by atoms with van der Waals surface area (Å²) in [5.41, 5.74) is 2.70. The highest BCUT2D eigenvalue weighted by Crippen LogP contribution is 2.12. The third-order valence-corrected chi connectivity index (χ3v) is 5.23. The van der Waals surface area contributed by atoms with Crippen LogP contribution in [0.15, 0.2) is 53.4 Å². The first-order valence-electron chi connectivity index (χ1n) is 7.86. The molecule has 0 unspecified atom stereocenters. The van der Waals surface area contributed by atoms with Gasteiger partial charge in [0.2, 0.25) is 10.0 Å². The van der Waals surface area contributed by atoms with E-state index in [1.54, 1.807) is 19.1 Å². The van der Waals surface area contributed by atoms with Gasteiger partial charge >= 0.3 is 0 Å². The van der Waals surface area contributed by atoms with Gasteiger partial charge in [-0.05, 0) is 42.7 Å². The van der Waals surface area contributed by atoms with Crippen LogP contribution in [-0.4, -0.2) is 27.4 Å². The van der Waals surface area contributed by atoms with Crippen LogP contribution in [0.4, 0.5) is 0 Å². The number of aryl methyl sites for hydroxylation is 1. The van der Waals surface area contributed by atoms with E-state index in [0.717, 1.165) is 6.42 Å². The minimum absolute atomic E-state index is 0.0934. The first-order valence-corrected chi connectivity index (χ1v) is 9.35. The van der Waals surface area contributed by atoms with Crippen LogP contribution in [0.1, 0.15) is 28.4 Å². The number of nitrogens with one attached hydrogen (secondary N) is 2. The fourth-order valence-corrected chi connectivity index (χ4v) is 3.47. The van der Waals surface area contributed by atoms with Crippen molar-refractivity contribution in [3.8, 4) is 0 Å². The number of rotatable bonds is 7. The summed E-state index contributed by atoms with van der Waals surface area (Å²) in [6, 6.07) is 14.1. The molecule has 5 nitrogen and oxygen atoms in total. The van der Waals surface area contributed by atoms with Crippen LogP contribution in [0.25, 0.3) is 0 Å². The van der Waals surface area contributed by atoms with Gasteiger partial charge in [-0.1, -0.05) is 37.3 Å². The molecular weight excluding hydrogens is 324 g/mol. The molecule has 0 spiro atoms. The van der Waals surface area contributed by atoms with Gasteiger partial charge in [-0.2, -0.15) is 0 Å². The molecule has 0 aliphatic rings. The van der Waals surface area contributed by atoms with Crippen LogP contribution in [0.2, 0.25) is 0 Å². The van der Waals surface area contributed by atoms with Crippen molar-refractivity contribution in [2.24, 2.45) is 0 Å². The van der Waals surface area contributed by atoms with Gasteiger partial charge in [-0.15, -0.1) is 0 Å². The molecular formula is C18H22N2O3S. The van der Waals surface area contributed by atoms with Crippen LogP contribution >= 0.6 is 0 Å². The van der Waals surface area contributed by atoms with Gasteiger partial charge in [-0.25, -0.2) is 13.1 Å². The van der Waals surface area contributed by atoms with Gasteiger partial charge in [0, 0.05) is 18.7 Å². The zero-order valence-corrected chi connectivity index (χ0v) is 14.7. The lowest BCUT2D eigenvalue weighted by Crippen LogP contribution is -2.27. The summed E-state index contributed by atoms with van der Waals surface area (Å²) >= 11 is 0. The Labute approximate surface area is 143 Å². The lowest BCUT2D eigenvalue weighted by molar-refractivity contribution is 0.0954. The number of carbonyl (C=O) groups is 1. The van der Waals surface area contributed by atoms with Crippen molar-refractivity contribution < 1.29 is 13.2 Å². The number of hydrogen-bond donors (Lipinski definition) is 2. The van der Waals surface area contributed by atoms with E-state index >= 15 is 0 Å². The van der Waals surface area contributed by atoms with E-state index in [2.05, 4.69) is 10.0 Å². The lowest BCUT2D eigenvalue weighted by Gasteiger charge is -2.09. The van der Waals surface area contributed by atoms with Crippen LogP contribution < -0.4 is 10.0 Å². The summed E-state index contributed by atoms with van der Waals surface area (Å²) in [5, 5.41) is 2.83. The molecule has 1 amide bonds. The predicted octanol–water partition coefficient (Wildman–Crippen LogP) is 2.27. The Kier molecular flexibility index (Phi) is 6.11. The second-order valence-corrected chi connectivity index (χ2v) is 7.23. The van der Waals surface area contributed by atoms with Gasteiger partial charge in [0.25, 0.3) is 5.91 Å².